The highest BCUT2D eigenvalue weighted by atomic mass is 16.5. The number of hydrogen-bond donors (Lipinski definition) is 1. The Morgan fingerprint density at radius 3 is 2.50 bits per heavy atom. The Balaban J connectivity index is 1.86. The van der Waals surface area contributed by atoms with Gasteiger partial charge in [0.1, 0.15) is 0 Å². The number of amides is 2. The lowest BCUT2D eigenvalue weighted by Gasteiger charge is -2.21. The molecule has 0 fully saturated rings. The third-order valence-corrected chi connectivity index (χ3v) is 3.50. The quantitative estimate of drug-likeness (QED) is 0.786. The van der Waals surface area contributed by atoms with Crippen molar-refractivity contribution in [1.82, 2.24) is 14.9 Å². The Morgan fingerprint density at radius 1 is 1.19 bits per heavy atom. The molecular formula is C18H20N4O4. The number of ether oxygens (including phenoxy) is 1. The van der Waals surface area contributed by atoms with Crippen LogP contribution < -0.4 is 5.32 Å². The molecular weight excluding hydrogens is 336 g/mol. The minimum absolute atomic E-state index is 0.00640. The van der Waals surface area contributed by atoms with Gasteiger partial charge in [0.2, 0.25) is 5.91 Å². The summed E-state index contributed by atoms with van der Waals surface area (Å²) in [5.74, 6) is -1.60. The van der Waals surface area contributed by atoms with Crippen LogP contribution in [0.4, 0.5) is 5.69 Å². The van der Waals surface area contributed by atoms with E-state index >= 15 is 0 Å². The molecule has 1 atom stereocenters. The maximum Gasteiger partial charge on any atom is 0.359 e. The van der Waals surface area contributed by atoms with Crippen molar-refractivity contribution in [2.24, 2.45) is 0 Å². The van der Waals surface area contributed by atoms with Gasteiger partial charge >= 0.3 is 5.97 Å². The molecule has 0 aliphatic heterocycles. The number of hydrogen-bond acceptors (Lipinski definition) is 6. The van der Waals surface area contributed by atoms with Crippen LogP contribution in [0, 0.1) is 6.92 Å². The van der Waals surface area contributed by atoms with Crippen molar-refractivity contribution in [3.63, 3.8) is 0 Å². The van der Waals surface area contributed by atoms with Gasteiger partial charge in [-0.1, -0.05) is 17.7 Å². The lowest BCUT2D eigenvalue weighted by Crippen LogP contribution is -2.41. The summed E-state index contributed by atoms with van der Waals surface area (Å²) in [6.07, 6.45) is 2.97. The van der Waals surface area contributed by atoms with Crippen LogP contribution in [0.5, 0.6) is 0 Å². The van der Waals surface area contributed by atoms with Crippen LogP contribution in [0.2, 0.25) is 0 Å². The zero-order chi connectivity index (χ0) is 19.1. The van der Waals surface area contributed by atoms with Gasteiger partial charge in [0, 0.05) is 25.1 Å². The maximum absolute atomic E-state index is 12.3. The second-order valence-electron chi connectivity index (χ2n) is 5.75. The number of nitrogens with zero attached hydrogens (tertiary/aromatic N) is 3. The van der Waals surface area contributed by atoms with Crippen molar-refractivity contribution in [3.05, 3.63) is 54.1 Å². The molecule has 0 bridgehead atoms. The number of carbonyl (C=O) groups excluding carboxylic acids is 3. The highest BCUT2D eigenvalue weighted by Crippen LogP contribution is 2.09. The first-order valence-electron chi connectivity index (χ1n) is 7.95. The van der Waals surface area contributed by atoms with Gasteiger partial charge in [0.25, 0.3) is 5.91 Å². The van der Waals surface area contributed by atoms with Crippen molar-refractivity contribution in [2.45, 2.75) is 20.0 Å². The van der Waals surface area contributed by atoms with E-state index in [1.807, 2.05) is 19.1 Å². The molecule has 0 spiro atoms. The SMILES string of the molecule is Cc1ccc(NC(=O)CN(C)C(=O)[C@H](C)OC(=O)c2cnccn2)cc1. The van der Waals surface area contributed by atoms with E-state index < -0.39 is 18.0 Å². The Morgan fingerprint density at radius 2 is 1.88 bits per heavy atom. The van der Waals surface area contributed by atoms with Gasteiger partial charge in [0.05, 0.1) is 12.7 Å². The van der Waals surface area contributed by atoms with Crippen LogP contribution in [0.25, 0.3) is 0 Å². The first kappa shape index (κ1) is 19.0. The summed E-state index contributed by atoms with van der Waals surface area (Å²) in [6, 6.07) is 7.30. The fourth-order valence-electron chi connectivity index (χ4n) is 2.12. The Labute approximate surface area is 151 Å². The molecule has 26 heavy (non-hydrogen) atoms. The molecule has 136 valence electrons. The summed E-state index contributed by atoms with van der Waals surface area (Å²) in [5, 5.41) is 2.70. The predicted octanol–water partition coefficient (Wildman–Crippen LogP) is 1.43. The summed E-state index contributed by atoms with van der Waals surface area (Å²) in [6.45, 7) is 3.21. The van der Waals surface area contributed by atoms with Crippen LogP contribution in [0.3, 0.4) is 0 Å². The molecule has 1 aromatic heterocycles. The van der Waals surface area contributed by atoms with Crippen molar-refractivity contribution in [2.75, 3.05) is 18.9 Å². The van der Waals surface area contributed by atoms with E-state index in [4.69, 9.17) is 4.74 Å². The number of likely N-dealkylation sites (N-methyl/N-ethyl adjacent to an activating group) is 1. The van der Waals surface area contributed by atoms with Crippen molar-refractivity contribution >= 4 is 23.5 Å². The van der Waals surface area contributed by atoms with E-state index in [1.54, 1.807) is 12.1 Å². The highest BCUT2D eigenvalue weighted by Gasteiger charge is 2.24. The van der Waals surface area contributed by atoms with E-state index in [2.05, 4.69) is 15.3 Å². The molecule has 1 aromatic carbocycles. The Kier molecular flexibility index (Phi) is 6.37. The normalized spacial score (nSPS) is 11.3. The second kappa shape index (κ2) is 8.70. The van der Waals surface area contributed by atoms with Gasteiger partial charge in [-0.25, -0.2) is 9.78 Å². The number of benzene rings is 1. The average molecular weight is 356 g/mol. The Bertz CT molecular complexity index is 778. The van der Waals surface area contributed by atoms with Crippen molar-refractivity contribution < 1.29 is 19.1 Å². The third-order valence-electron chi connectivity index (χ3n) is 3.50. The number of rotatable bonds is 6. The zero-order valence-corrected chi connectivity index (χ0v) is 14.8. The molecule has 0 aliphatic rings. The molecule has 0 aliphatic carbocycles. The largest absolute Gasteiger partial charge is 0.448 e. The van der Waals surface area contributed by atoms with Gasteiger partial charge in [-0.3, -0.25) is 14.6 Å². The van der Waals surface area contributed by atoms with Crippen molar-refractivity contribution in [1.29, 1.82) is 0 Å². The molecule has 0 radical (unpaired) electrons. The van der Waals surface area contributed by atoms with Gasteiger partial charge in [-0.05, 0) is 26.0 Å². The van der Waals surface area contributed by atoms with Gasteiger partial charge in [0.15, 0.2) is 11.8 Å². The number of aromatic nitrogens is 2. The monoisotopic (exact) mass is 356 g/mol. The summed E-state index contributed by atoms with van der Waals surface area (Å²) in [5.41, 5.74) is 1.73. The molecule has 2 rings (SSSR count). The topological polar surface area (TPSA) is 101 Å². The lowest BCUT2D eigenvalue weighted by molar-refractivity contribution is -0.140. The lowest BCUT2D eigenvalue weighted by atomic mass is 10.2. The first-order valence-corrected chi connectivity index (χ1v) is 7.95. The first-order chi connectivity index (χ1) is 12.4. The fraction of sp³-hybridized carbons (Fsp3) is 0.278. The minimum Gasteiger partial charge on any atom is -0.448 e. The molecule has 0 saturated carbocycles. The molecule has 0 unspecified atom stereocenters. The summed E-state index contributed by atoms with van der Waals surface area (Å²) >= 11 is 0. The van der Waals surface area contributed by atoms with Crippen LogP contribution in [-0.2, 0) is 14.3 Å². The van der Waals surface area contributed by atoms with E-state index in [9.17, 15) is 14.4 Å². The third kappa shape index (κ3) is 5.37. The number of carbonyl (C=O) groups is 3. The molecule has 2 amide bonds. The molecule has 1 N–H and O–H groups in total. The summed E-state index contributed by atoms with van der Waals surface area (Å²) in [4.78, 5) is 45.0. The van der Waals surface area contributed by atoms with Gasteiger partial charge in [-0.2, -0.15) is 0 Å². The number of anilines is 1. The molecule has 8 heteroatoms. The Hall–Kier alpha value is -3.29. The average Bonchev–Trinajstić information content (AvgIpc) is 2.63. The smallest absolute Gasteiger partial charge is 0.359 e. The van der Waals surface area contributed by atoms with Crippen LogP contribution >= 0.6 is 0 Å². The van der Waals surface area contributed by atoms with E-state index in [0.717, 1.165) is 5.56 Å². The van der Waals surface area contributed by atoms with Crippen LogP contribution in [0.15, 0.2) is 42.9 Å². The van der Waals surface area contributed by atoms with Crippen LogP contribution in [0.1, 0.15) is 23.0 Å². The molecule has 1 heterocycles. The minimum atomic E-state index is -1.05. The standard InChI is InChI=1S/C18H20N4O4/c1-12-4-6-14(7-5-12)21-16(23)11-22(3)17(24)13(2)26-18(25)15-10-19-8-9-20-15/h4-10,13H,11H2,1-3H3,(H,21,23)/t13-/m0/s1. The van der Waals surface area contributed by atoms with E-state index in [0.29, 0.717) is 5.69 Å². The van der Waals surface area contributed by atoms with E-state index in [1.165, 1.54) is 37.5 Å². The molecule has 0 saturated heterocycles. The summed E-state index contributed by atoms with van der Waals surface area (Å²) < 4.78 is 5.07. The van der Waals surface area contributed by atoms with Gasteiger partial charge in [-0.15, -0.1) is 0 Å². The van der Waals surface area contributed by atoms with Crippen molar-refractivity contribution in [3.8, 4) is 0 Å². The predicted molar refractivity (Wildman–Crippen MR) is 94.4 cm³/mol. The fourth-order valence-corrected chi connectivity index (χ4v) is 2.12. The van der Waals surface area contributed by atoms with Crippen LogP contribution in [-0.4, -0.2) is 52.3 Å². The van der Waals surface area contributed by atoms with E-state index in [-0.39, 0.29) is 18.1 Å². The van der Waals surface area contributed by atoms with Gasteiger partial charge < -0.3 is 15.0 Å². The number of nitrogens with one attached hydrogen (secondary N) is 1. The maximum atomic E-state index is 12.3. The highest BCUT2D eigenvalue weighted by molar-refractivity contribution is 5.95. The molecule has 8 nitrogen and oxygen atoms in total. The number of esters is 1. The second-order valence-corrected chi connectivity index (χ2v) is 5.75. The summed E-state index contributed by atoms with van der Waals surface area (Å²) in [7, 11) is 1.46. The zero-order valence-electron chi connectivity index (χ0n) is 14.8. The number of aryl methyl sites for hydroxylation is 1. The molecule has 2 aromatic rings.